The average molecular weight is 407 g/mol. The van der Waals surface area contributed by atoms with Crippen LogP contribution in [-0.4, -0.2) is 23.1 Å². The van der Waals surface area contributed by atoms with E-state index in [4.69, 9.17) is 16.3 Å². The molecule has 0 radical (unpaired) electrons. The summed E-state index contributed by atoms with van der Waals surface area (Å²) in [6, 6.07) is 10.5. The molecule has 1 heterocycles. The van der Waals surface area contributed by atoms with Gasteiger partial charge in [-0.25, -0.2) is 4.39 Å². The molecule has 5 nitrogen and oxygen atoms in total. The Hall–Kier alpha value is -2.51. The zero-order valence-corrected chi connectivity index (χ0v) is 16.0. The van der Waals surface area contributed by atoms with Crippen molar-refractivity contribution in [1.82, 2.24) is 4.57 Å². The van der Waals surface area contributed by atoms with Crippen LogP contribution >= 0.6 is 22.9 Å². The van der Waals surface area contributed by atoms with Crippen molar-refractivity contribution in [2.75, 3.05) is 6.61 Å². The van der Waals surface area contributed by atoms with Gasteiger partial charge >= 0.3 is 5.97 Å². The lowest BCUT2D eigenvalue weighted by atomic mass is 10.2. The maximum atomic E-state index is 13.1. The number of amides is 1. The number of rotatable bonds is 5. The first-order valence-electron chi connectivity index (χ1n) is 8.27. The Balaban J connectivity index is 2.02. The molecule has 0 saturated heterocycles. The van der Waals surface area contributed by atoms with Crippen LogP contribution in [0.2, 0.25) is 5.02 Å². The smallest absolute Gasteiger partial charge is 0.307 e. The van der Waals surface area contributed by atoms with Gasteiger partial charge in [0.25, 0.3) is 5.91 Å². The summed E-state index contributed by atoms with van der Waals surface area (Å²) in [4.78, 5) is 28.8. The Morgan fingerprint density at radius 2 is 1.96 bits per heavy atom. The van der Waals surface area contributed by atoms with E-state index in [1.807, 2.05) is 6.07 Å². The van der Waals surface area contributed by atoms with Crippen LogP contribution < -0.4 is 4.80 Å². The van der Waals surface area contributed by atoms with Crippen molar-refractivity contribution in [3.05, 3.63) is 63.7 Å². The van der Waals surface area contributed by atoms with E-state index in [2.05, 4.69) is 4.99 Å². The standard InChI is InChI=1S/C19H16ClFN2O3S/c1-2-26-17(24)9-10-23-15-8-5-13(20)11-16(15)27-19(23)22-18(25)12-3-6-14(21)7-4-12/h3-8,11H,2,9-10H2,1H3. The first kappa shape index (κ1) is 19.3. The van der Waals surface area contributed by atoms with Crippen LogP contribution in [-0.2, 0) is 16.1 Å². The number of carbonyl (C=O) groups is 2. The number of carbonyl (C=O) groups excluding carboxylic acids is 2. The third-order valence-electron chi connectivity index (χ3n) is 3.78. The monoisotopic (exact) mass is 406 g/mol. The van der Waals surface area contributed by atoms with Gasteiger partial charge < -0.3 is 9.30 Å². The lowest BCUT2D eigenvalue weighted by Crippen LogP contribution is -2.19. The van der Waals surface area contributed by atoms with Gasteiger partial charge in [-0.2, -0.15) is 4.99 Å². The summed E-state index contributed by atoms with van der Waals surface area (Å²) in [6.07, 6.45) is 0.153. The van der Waals surface area contributed by atoms with Crippen molar-refractivity contribution < 1.29 is 18.7 Å². The van der Waals surface area contributed by atoms with E-state index in [1.54, 1.807) is 23.6 Å². The van der Waals surface area contributed by atoms with Crippen molar-refractivity contribution >= 4 is 45.0 Å². The predicted molar refractivity (Wildman–Crippen MR) is 102 cm³/mol. The van der Waals surface area contributed by atoms with Gasteiger partial charge in [-0.05, 0) is 49.4 Å². The second kappa shape index (κ2) is 8.45. The minimum atomic E-state index is -0.488. The summed E-state index contributed by atoms with van der Waals surface area (Å²) in [5.41, 5.74) is 1.10. The summed E-state index contributed by atoms with van der Waals surface area (Å²) >= 11 is 7.35. The van der Waals surface area contributed by atoms with E-state index >= 15 is 0 Å². The number of nitrogens with zero attached hydrogens (tertiary/aromatic N) is 2. The topological polar surface area (TPSA) is 60.7 Å². The Morgan fingerprint density at radius 1 is 1.22 bits per heavy atom. The fraction of sp³-hybridized carbons (Fsp3) is 0.211. The molecule has 0 N–H and O–H groups in total. The number of aryl methyl sites for hydroxylation is 1. The molecule has 0 aliphatic carbocycles. The van der Waals surface area contributed by atoms with Gasteiger partial charge in [-0.3, -0.25) is 9.59 Å². The number of aromatic nitrogens is 1. The molecular formula is C19H16ClFN2O3S. The van der Waals surface area contributed by atoms with Crippen molar-refractivity contribution in [3.63, 3.8) is 0 Å². The number of benzene rings is 2. The largest absolute Gasteiger partial charge is 0.466 e. The lowest BCUT2D eigenvalue weighted by molar-refractivity contribution is -0.143. The molecule has 0 saturated carbocycles. The molecule has 3 aromatic rings. The first-order valence-corrected chi connectivity index (χ1v) is 9.46. The number of halogens is 2. The minimum absolute atomic E-state index is 0.153. The number of hydrogen-bond donors (Lipinski definition) is 0. The summed E-state index contributed by atoms with van der Waals surface area (Å²) in [5.74, 6) is -1.24. The van der Waals surface area contributed by atoms with Crippen LogP contribution in [0.5, 0.6) is 0 Å². The van der Waals surface area contributed by atoms with Crippen molar-refractivity contribution in [2.45, 2.75) is 19.9 Å². The molecule has 1 aromatic heterocycles. The minimum Gasteiger partial charge on any atom is -0.466 e. The molecule has 3 rings (SSSR count). The van der Waals surface area contributed by atoms with E-state index in [-0.39, 0.29) is 18.0 Å². The molecule has 1 amide bonds. The molecule has 0 atom stereocenters. The molecule has 0 fully saturated rings. The number of thiazole rings is 1. The van der Waals surface area contributed by atoms with Gasteiger partial charge in [0, 0.05) is 17.1 Å². The van der Waals surface area contributed by atoms with Crippen molar-refractivity contribution in [2.24, 2.45) is 4.99 Å². The van der Waals surface area contributed by atoms with Gasteiger partial charge in [-0.1, -0.05) is 22.9 Å². The second-order valence-electron chi connectivity index (χ2n) is 5.63. The molecule has 2 aromatic carbocycles. The highest BCUT2D eigenvalue weighted by molar-refractivity contribution is 7.16. The Kier molecular flexibility index (Phi) is 6.03. The quantitative estimate of drug-likeness (QED) is 0.597. The van der Waals surface area contributed by atoms with E-state index < -0.39 is 11.7 Å². The van der Waals surface area contributed by atoms with Gasteiger partial charge in [0.2, 0.25) is 0 Å². The van der Waals surface area contributed by atoms with Gasteiger partial charge in [0.05, 0.1) is 23.2 Å². The van der Waals surface area contributed by atoms with Crippen molar-refractivity contribution in [1.29, 1.82) is 0 Å². The fourth-order valence-electron chi connectivity index (χ4n) is 2.53. The molecule has 27 heavy (non-hydrogen) atoms. The summed E-state index contributed by atoms with van der Waals surface area (Å²) in [6.45, 7) is 2.37. The maximum absolute atomic E-state index is 13.1. The zero-order chi connectivity index (χ0) is 19.4. The number of fused-ring (bicyclic) bond motifs is 1. The molecule has 140 valence electrons. The van der Waals surface area contributed by atoms with Crippen LogP contribution in [0.15, 0.2) is 47.5 Å². The predicted octanol–water partition coefficient (Wildman–Crippen LogP) is 4.19. The Morgan fingerprint density at radius 3 is 2.67 bits per heavy atom. The summed E-state index contributed by atoms with van der Waals surface area (Å²) < 4.78 is 20.7. The molecule has 8 heteroatoms. The highest BCUT2D eigenvalue weighted by atomic mass is 35.5. The first-order chi connectivity index (χ1) is 13.0. The Bertz CT molecular complexity index is 1060. The maximum Gasteiger partial charge on any atom is 0.307 e. The Labute approximate surface area is 163 Å². The molecule has 0 aliphatic heterocycles. The summed E-state index contributed by atoms with van der Waals surface area (Å²) in [7, 11) is 0. The number of esters is 1. The van der Waals surface area contributed by atoms with Crippen LogP contribution in [0, 0.1) is 5.82 Å². The molecular weight excluding hydrogens is 391 g/mol. The van der Waals surface area contributed by atoms with E-state index in [0.717, 1.165) is 10.2 Å². The van der Waals surface area contributed by atoms with E-state index in [1.165, 1.54) is 35.6 Å². The molecule has 0 bridgehead atoms. The normalized spacial score (nSPS) is 11.7. The number of hydrogen-bond acceptors (Lipinski definition) is 4. The fourth-order valence-corrected chi connectivity index (χ4v) is 3.86. The third kappa shape index (κ3) is 4.61. The van der Waals surface area contributed by atoms with Gasteiger partial charge in [-0.15, -0.1) is 0 Å². The molecule has 0 unspecified atom stereocenters. The van der Waals surface area contributed by atoms with E-state index in [9.17, 15) is 14.0 Å². The second-order valence-corrected chi connectivity index (χ2v) is 7.07. The van der Waals surface area contributed by atoms with Crippen LogP contribution in [0.1, 0.15) is 23.7 Å². The zero-order valence-electron chi connectivity index (χ0n) is 14.4. The highest BCUT2D eigenvalue weighted by Gasteiger charge is 2.12. The third-order valence-corrected chi connectivity index (χ3v) is 5.05. The van der Waals surface area contributed by atoms with Crippen molar-refractivity contribution in [3.8, 4) is 0 Å². The lowest BCUT2D eigenvalue weighted by Gasteiger charge is -2.05. The molecule has 0 aliphatic rings. The van der Waals surface area contributed by atoms with Crippen LogP contribution in [0.25, 0.3) is 10.2 Å². The van der Waals surface area contributed by atoms with Crippen LogP contribution in [0.3, 0.4) is 0 Å². The summed E-state index contributed by atoms with van der Waals surface area (Å²) in [5, 5.41) is 0.567. The SMILES string of the molecule is CCOC(=O)CCn1c(=NC(=O)c2ccc(F)cc2)sc2cc(Cl)ccc21. The molecule has 0 spiro atoms. The number of ether oxygens (including phenoxy) is 1. The van der Waals surface area contributed by atoms with Crippen LogP contribution in [0.4, 0.5) is 4.39 Å². The van der Waals surface area contributed by atoms with E-state index in [0.29, 0.717) is 23.0 Å². The average Bonchev–Trinajstić information content (AvgIpc) is 2.96. The van der Waals surface area contributed by atoms with Gasteiger partial charge in [0.1, 0.15) is 5.82 Å². The highest BCUT2D eigenvalue weighted by Crippen LogP contribution is 2.22. The van der Waals surface area contributed by atoms with Gasteiger partial charge in [0.15, 0.2) is 4.80 Å².